The van der Waals surface area contributed by atoms with Crippen LogP contribution in [0.25, 0.3) is 17.3 Å². The van der Waals surface area contributed by atoms with E-state index in [1.54, 1.807) is 43.2 Å². The SMILES string of the molecule is COc1ccc(-c2nn(Cc3ccccc3)cc2/C=C(\C#N)C(=O)Nc2ccccc2)cc1OC. The Balaban J connectivity index is 1.75. The third kappa shape index (κ3) is 5.57. The number of anilines is 1. The van der Waals surface area contributed by atoms with Gasteiger partial charge < -0.3 is 14.8 Å². The van der Waals surface area contributed by atoms with Gasteiger partial charge in [0.05, 0.1) is 26.5 Å². The minimum absolute atomic E-state index is 0.0326. The van der Waals surface area contributed by atoms with Crippen LogP contribution in [0.5, 0.6) is 11.5 Å². The molecule has 4 aromatic rings. The topological polar surface area (TPSA) is 89.2 Å². The van der Waals surface area contributed by atoms with Crippen LogP contribution in [0, 0.1) is 11.3 Å². The van der Waals surface area contributed by atoms with Crippen LogP contribution < -0.4 is 14.8 Å². The van der Waals surface area contributed by atoms with E-state index >= 15 is 0 Å². The van der Waals surface area contributed by atoms with Crippen molar-refractivity contribution in [3.63, 3.8) is 0 Å². The largest absolute Gasteiger partial charge is 0.493 e. The number of hydrogen-bond acceptors (Lipinski definition) is 5. The van der Waals surface area contributed by atoms with Crippen molar-refractivity contribution in [1.82, 2.24) is 9.78 Å². The quantitative estimate of drug-likeness (QED) is 0.287. The number of hydrogen-bond donors (Lipinski definition) is 1. The number of methoxy groups -OCH3 is 2. The minimum Gasteiger partial charge on any atom is -0.493 e. The number of nitriles is 1. The van der Waals surface area contributed by atoms with Crippen molar-refractivity contribution in [2.24, 2.45) is 0 Å². The maximum Gasteiger partial charge on any atom is 0.266 e. The van der Waals surface area contributed by atoms with Gasteiger partial charge in [-0.1, -0.05) is 48.5 Å². The van der Waals surface area contributed by atoms with Gasteiger partial charge in [0.2, 0.25) is 0 Å². The van der Waals surface area contributed by atoms with E-state index in [4.69, 9.17) is 14.6 Å². The van der Waals surface area contributed by atoms with Gasteiger partial charge in [0.25, 0.3) is 5.91 Å². The van der Waals surface area contributed by atoms with Crippen molar-refractivity contribution < 1.29 is 14.3 Å². The van der Waals surface area contributed by atoms with Crippen LogP contribution in [0.1, 0.15) is 11.1 Å². The summed E-state index contributed by atoms with van der Waals surface area (Å²) in [4.78, 5) is 12.8. The first-order valence-corrected chi connectivity index (χ1v) is 10.9. The van der Waals surface area contributed by atoms with Crippen molar-refractivity contribution in [2.75, 3.05) is 19.5 Å². The molecule has 0 fully saturated rings. The van der Waals surface area contributed by atoms with E-state index in [1.807, 2.05) is 72.9 Å². The Hall–Kier alpha value is -4.83. The van der Waals surface area contributed by atoms with Crippen molar-refractivity contribution in [3.05, 3.63) is 102 Å². The Morgan fingerprint density at radius 2 is 1.69 bits per heavy atom. The van der Waals surface area contributed by atoms with Crippen LogP contribution >= 0.6 is 0 Å². The number of nitrogens with one attached hydrogen (secondary N) is 1. The third-order valence-corrected chi connectivity index (χ3v) is 5.33. The Labute approximate surface area is 203 Å². The van der Waals surface area contributed by atoms with Crippen LogP contribution in [-0.4, -0.2) is 29.9 Å². The summed E-state index contributed by atoms with van der Waals surface area (Å²) in [7, 11) is 3.14. The normalized spacial score (nSPS) is 10.9. The monoisotopic (exact) mass is 464 g/mol. The predicted molar refractivity (Wildman–Crippen MR) is 135 cm³/mol. The first-order valence-electron chi connectivity index (χ1n) is 10.9. The summed E-state index contributed by atoms with van der Waals surface area (Å²) in [5.41, 5.74) is 3.66. The molecule has 4 rings (SSSR count). The average Bonchev–Trinajstić information content (AvgIpc) is 3.29. The van der Waals surface area contributed by atoms with Gasteiger partial charge >= 0.3 is 0 Å². The lowest BCUT2D eigenvalue weighted by Crippen LogP contribution is -2.13. The molecule has 1 amide bonds. The first kappa shape index (κ1) is 23.3. The standard InChI is InChI=1S/C28H24N4O3/c1-34-25-14-13-21(16-26(25)35-2)27-23(19-32(31-27)18-20-9-5-3-6-10-20)15-22(17-29)28(33)30-24-11-7-4-8-12-24/h3-16,19H,18H2,1-2H3,(H,30,33)/b22-15+. The summed E-state index contributed by atoms with van der Waals surface area (Å²) in [6.07, 6.45) is 3.38. The lowest BCUT2D eigenvalue weighted by atomic mass is 10.1. The van der Waals surface area contributed by atoms with Crippen LogP contribution in [0.2, 0.25) is 0 Å². The van der Waals surface area contributed by atoms with E-state index < -0.39 is 5.91 Å². The van der Waals surface area contributed by atoms with Crippen LogP contribution in [0.3, 0.4) is 0 Å². The van der Waals surface area contributed by atoms with Crippen molar-refractivity contribution in [1.29, 1.82) is 5.26 Å². The summed E-state index contributed by atoms with van der Waals surface area (Å²) in [6.45, 7) is 0.535. The zero-order valence-corrected chi connectivity index (χ0v) is 19.4. The molecule has 0 aliphatic carbocycles. The molecule has 7 nitrogen and oxygen atoms in total. The van der Waals surface area contributed by atoms with Crippen LogP contribution in [0.15, 0.2) is 90.6 Å². The average molecular weight is 465 g/mol. The highest BCUT2D eigenvalue weighted by molar-refractivity contribution is 6.10. The molecule has 7 heteroatoms. The van der Waals surface area contributed by atoms with Gasteiger partial charge in [-0.2, -0.15) is 10.4 Å². The number of ether oxygens (including phenoxy) is 2. The van der Waals surface area contributed by atoms with Crippen molar-refractivity contribution in [2.45, 2.75) is 6.54 Å². The predicted octanol–water partition coefficient (Wildman–Crippen LogP) is 5.16. The van der Waals surface area contributed by atoms with Gasteiger partial charge in [-0.15, -0.1) is 0 Å². The highest BCUT2D eigenvalue weighted by Crippen LogP contribution is 2.33. The Kier molecular flexibility index (Phi) is 7.24. The first-order chi connectivity index (χ1) is 17.1. The van der Waals surface area contributed by atoms with E-state index in [2.05, 4.69) is 5.32 Å². The fraction of sp³-hybridized carbons (Fsp3) is 0.107. The van der Waals surface area contributed by atoms with Gasteiger partial charge in [-0.25, -0.2) is 0 Å². The molecule has 0 saturated carbocycles. The molecular weight excluding hydrogens is 440 g/mol. The maximum absolute atomic E-state index is 12.8. The molecule has 1 heterocycles. The molecule has 0 spiro atoms. The van der Waals surface area contributed by atoms with E-state index in [-0.39, 0.29) is 5.57 Å². The molecular formula is C28H24N4O3. The molecule has 0 unspecified atom stereocenters. The van der Waals surface area contributed by atoms with E-state index in [0.717, 1.165) is 11.1 Å². The van der Waals surface area contributed by atoms with E-state index in [9.17, 15) is 10.1 Å². The highest BCUT2D eigenvalue weighted by atomic mass is 16.5. The van der Waals surface area contributed by atoms with Gasteiger partial charge in [-0.3, -0.25) is 9.48 Å². The Morgan fingerprint density at radius 1 is 1.00 bits per heavy atom. The summed E-state index contributed by atoms with van der Waals surface area (Å²) in [5, 5.41) is 17.3. The fourth-order valence-corrected chi connectivity index (χ4v) is 3.63. The summed E-state index contributed by atoms with van der Waals surface area (Å²) < 4.78 is 12.6. The second kappa shape index (κ2) is 10.9. The van der Waals surface area contributed by atoms with Crippen LogP contribution in [0.4, 0.5) is 5.69 Å². The molecule has 174 valence electrons. The summed E-state index contributed by atoms with van der Waals surface area (Å²) in [6, 6.07) is 26.4. The number of amides is 1. The van der Waals surface area contributed by atoms with Gasteiger partial charge in [0.1, 0.15) is 11.6 Å². The Morgan fingerprint density at radius 3 is 2.34 bits per heavy atom. The molecule has 1 N–H and O–H groups in total. The van der Waals surface area contributed by atoms with Gasteiger partial charge in [-0.05, 0) is 42.0 Å². The molecule has 0 saturated heterocycles. The highest BCUT2D eigenvalue weighted by Gasteiger charge is 2.16. The molecule has 0 bridgehead atoms. The lowest BCUT2D eigenvalue weighted by Gasteiger charge is -2.09. The Bertz CT molecular complexity index is 1390. The fourth-order valence-electron chi connectivity index (χ4n) is 3.63. The number of nitrogens with zero attached hydrogens (tertiary/aromatic N) is 3. The summed E-state index contributed by atoms with van der Waals surface area (Å²) in [5.74, 6) is 0.657. The van der Waals surface area contributed by atoms with Gasteiger partial charge in [0.15, 0.2) is 11.5 Å². The van der Waals surface area contributed by atoms with E-state index in [1.165, 1.54) is 0 Å². The number of rotatable bonds is 8. The van der Waals surface area contributed by atoms with Crippen LogP contribution in [-0.2, 0) is 11.3 Å². The smallest absolute Gasteiger partial charge is 0.266 e. The minimum atomic E-state index is -0.493. The number of benzene rings is 3. The molecule has 35 heavy (non-hydrogen) atoms. The maximum atomic E-state index is 12.8. The molecule has 0 atom stereocenters. The third-order valence-electron chi connectivity index (χ3n) is 5.33. The summed E-state index contributed by atoms with van der Waals surface area (Å²) >= 11 is 0. The zero-order valence-electron chi connectivity index (χ0n) is 19.4. The second-order valence-electron chi connectivity index (χ2n) is 7.68. The molecule has 0 aliphatic heterocycles. The molecule has 3 aromatic carbocycles. The van der Waals surface area contributed by atoms with Crippen molar-refractivity contribution >= 4 is 17.7 Å². The molecule has 0 aliphatic rings. The van der Waals surface area contributed by atoms with Gasteiger partial charge in [0, 0.05) is 23.0 Å². The number of para-hydroxylation sites is 1. The van der Waals surface area contributed by atoms with E-state index in [0.29, 0.717) is 35.0 Å². The second-order valence-corrected chi connectivity index (χ2v) is 7.68. The number of aromatic nitrogens is 2. The molecule has 0 radical (unpaired) electrons. The lowest BCUT2D eigenvalue weighted by molar-refractivity contribution is -0.112. The molecule has 1 aromatic heterocycles. The zero-order chi connectivity index (χ0) is 24.6. The number of carbonyl (C=O) groups is 1. The number of carbonyl (C=O) groups excluding carboxylic acids is 1. The van der Waals surface area contributed by atoms with Crippen molar-refractivity contribution in [3.8, 4) is 28.8 Å².